The molecule has 9 heteroatoms. The van der Waals surface area contributed by atoms with E-state index < -0.39 is 30.0 Å². The van der Waals surface area contributed by atoms with Gasteiger partial charge in [-0.2, -0.15) is 13.2 Å². The molecule has 0 spiro atoms. The Labute approximate surface area is 193 Å². The summed E-state index contributed by atoms with van der Waals surface area (Å²) in [7, 11) is 1.29. The number of aliphatic carboxylic acids is 1. The average molecular weight is 470 g/mol. The van der Waals surface area contributed by atoms with Gasteiger partial charge in [0.1, 0.15) is 18.3 Å². The van der Waals surface area contributed by atoms with E-state index in [1.165, 1.54) is 7.05 Å². The lowest BCUT2D eigenvalue weighted by atomic mass is 9.98. The first-order valence-corrected chi connectivity index (χ1v) is 10.5. The summed E-state index contributed by atoms with van der Waals surface area (Å²) >= 11 is 0. The number of fused-ring (bicyclic) bond motifs is 3. The van der Waals surface area contributed by atoms with Crippen molar-refractivity contribution in [3.63, 3.8) is 0 Å². The Kier molecular flexibility index (Phi) is 6.28. The van der Waals surface area contributed by atoms with E-state index in [0.717, 1.165) is 45.5 Å². The fraction of sp³-hybridized carbons (Fsp3) is 0.240. The number of aromatic nitrogens is 1. The smallest absolute Gasteiger partial charge is 0.433 e. The van der Waals surface area contributed by atoms with Crippen LogP contribution in [0.5, 0.6) is 0 Å². The van der Waals surface area contributed by atoms with Crippen molar-refractivity contribution in [2.24, 2.45) is 0 Å². The molecule has 6 nitrogen and oxygen atoms in total. The van der Waals surface area contributed by atoms with Crippen molar-refractivity contribution in [3.8, 4) is 11.1 Å². The third kappa shape index (κ3) is 4.59. The lowest BCUT2D eigenvalue weighted by Gasteiger charge is -2.25. The first-order valence-electron chi connectivity index (χ1n) is 10.5. The molecule has 0 bridgehead atoms. The molecule has 0 aliphatic heterocycles. The number of carboxylic acids is 1. The number of benzene rings is 2. The van der Waals surface area contributed by atoms with E-state index in [1.807, 2.05) is 48.5 Å². The van der Waals surface area contributed by atoms with Crippen LogP contribution >= 0.6 is 0 Å². The predicted octanol–water partition coefficient (Wildman–Crippen LogP) is 4.98. The van der Waals surface area contributed by atoms with Crippen molar-refractivity contribution in [3.05, 3.63) is 89.2 Å². The van der Waals surface area contributed by atoms with E-state index >= 15 is 0 Å². The van der Waals surface area contributed by atoms with Crippen LogP contribution in [0.15, 0.2) is 66.9 Å². The standard InChI is InChI=1S/C25H21F3N2O4/c1-30(21(23(31)32)12-15-10-11-22(29-13-15)25(26,27)28)24(33)34-14-20-18-8-4-2-6-16(18)17-7-3-5-9-19(17)20/h2-11,13,20-21H,12,14H2,1H3,(H,31,32). The van der Waals surface area contributed by atoms with Gasteiger partial charge < -0.3 is 9.84 Å². The second-order valence-corrected chi connectivity index (χ2v) is 8.02. The second kappa shape index (κ2) is 9.17. The van der Waals surface area contributed by atoms with Crippen molar-refractivity contribution in [1.82, 2.24) is 9.88 Å². The summed E-state index contributed by atoms with van der Waals surface area (Å²) in [6.45, 7) is 0.0192. The number of nitrogens with zero attached hydrogens (tertiary/aromatic N) is 2. The Balaban J connectivity index is 1.45. The molecule has 4 rings (SSSR count). The van der Waals surface area contributed by atoms with Gasteiger partial charge in [0, 0.05) is 25.6 Å². The minimum atomic E-state index is -4.59. The van der Waals surface area contributed by atoms with Gasteiger partial charge in [-0.25, -0.2) is 9.59 Å². The quantitative estimate of drug-likeness (QED) is 0.550. The zero-order valence-corrected chi connectivity index (χ0v) is 18.1. The van der Waals surface area contributed by atoms with E-state index in [2.05, 4.69) is 4.98 Å². The Hall–Kier alpha value is -3.88. The fourth-order valence-electron chi connectivity index (χ4n) is 4.15. The number of pyridine rings is 1. The van der Waals surface area contributed by atoms with Crippen LogP contribution < -0.4 is 0 Å². The SMILES string of the molecule is CN(C(=O)OCC1c2ccccc2-c2ccccc21)C(Cc1ccc(C(F)(F)F)nc1)C(=O)O. The molecule has 176 valence electrons. The number of rotatable bonds is 6. The molecule has 1 atom stereocenters. The molecule has 1 aromatic heterocycles. The maximum Gasteiger partial charge on any atom is 0.433 e. The number of carboxylic acid groups (broad SMARTS) is 1. The van der Waals surface area contributed by atoms with Crippen LogP contribution in [-0.4, -0.2) is 46.7 Å². The van der Waals surface area contributed by atoms with Crippen molar-refractivity contribution < 1.29 is 32.6 Å². The summed E-state index contributed by atoms with van der Waals surface area (Å²) in [6.07, 6.45) is -4.69. The molecular formula is C25H21F3N2O4. The Morgan fingerprint density at radius 1 is 1.03 bits per heavy atom. The number of hydrogen-bond acceptors (Lipinski definition) is 4. The van der Waals surface area contributed by atoms with Gasteiger partial charge in [-0.05, 0) is 33.9 Å². The fourth-order valence-corrected chi connectivity index (χ4v) is 4.15. The molecule has 0 fully saturated rings. The summed E-state index contributed by atoms with van der Waals surface area (Å²) in [6, 6.07) is 16.2. The summed E-state index contributed by atoms with van der Waals surface area (Å²) in [4.78, 5) is 28.8. The second-order valence-electron chi connectivity index (χ2n) is 8.02. The van der Waals surface area contributed by atoms with Crippen LogP contribution in [0.25, 0.3) is 11.1 Å². The van der Waals surface area contributed by atoms with E-state index in [0.29, 0.717) is 0 Å². The molecule has 1 amide bonds. The average Bonchev–Trinajstić information content (AvgIpc) is 3.14. The normalized spacial score (nSPS) is 13.6. The van der Waals surface area contributed by atoms with Crippen LogP contribution in [0, 0.1) is 0 Å². The Bertz CT molecular complexity index is 1170. The van der Waals surface area contributed by atoms with Crippen molar-refractivity contribution in [2.75, 3.05) is 13.7 Å². The molecule has 0 saturated heterocycles. The molecule has 0 radical (unpaired) electrons. The largest absolute Gasteiger partial charge is 0.480 e. The molecule has 1 aliphatic rings. The van der Waals surface area contributed by atoms with Gasteiger partial charge in [0.2, 0.25) is 0 Å². The number of amides is 1. The molecule has 2 aromatic carbocycles. The monoisotopic (exact) mass is 470 g/mol. The first kappa shape index (κ1) is 23.3. The number of likely N-dealkylation sites (N-methyl/N-ethyl adjacent to an activating group) is 1. The van der Waals surface area contributed by atoms with Crippen LogP contribution in [-0.2, 0) is 22.1 Å². The van der Waals surface area contributed by atoms with E-state index in [4.69, 9.17) is 4.74 Å². The molecule has 1 aliphatic carbocycles. The summed E-state index contributed by atoms with van der Waals surface area (Å²) in [5.41, 5.74) is 3.33. The van der Waals surface area contributed by atoms with Crippen molar-refractivity contribution in [1.29, 1.82) is 0 Å². The van der Waals surface area contributed by atoms with E-state index in [9.17, 15) is 27.9 Å². The highest BCUT2D eigenvalue weighted by Crippen LogP contribution is 2.44. The molecule has 0 saturated carbocycles. The Morgan fingerprint density at radius 2 is 1.62 bits per heavy atom. The molecule has 3 aromatic rings. The van der Waals surface area contributed by atoms with Crippen molar-refractivity contribution in [2.45, 2.75) is 24.6 Å². The number of hydrogen-bond donors (Lipinski definition) is 1. The van der Waals surface area contributed by atoms with Crippen LogP contribution in [0.1, 0.15) is 28.3 Å². The van der Waals surface area contributed by atoms with Gasteiger partial charge in [-0.3, -0.25) is 9.88 Å². The molecule has 1 N–H and O–H groups in total. The summed E-state index contributed by atoms with van der Waals surface area (Å²) in [5, 5.41) is 9.63. The van der Waals surface area contributed by atoms with Crippen LogP contribution in [0.2, 0.25) is 0 Å². The van der Waals surface area contributed by atoms with Gasteiger partial charge in [-0.1, -0.05) is 54.6 Å². The zero-order valence-electron chi connectivity index (χ0n) is 18.1. The third-order valence-electron chi connectivity index (χ3n) is 5.92. The maximum atomic E-state index is 12.7. The summed E-state index contributed by atoms with van der Waals surface area (Å²) in [5.74, 6) is -1.50. The van der Waals surface area contributed by atoms with Gasteiger partial charge >= 0.3 is 18.2 Å². The lowest BCUT2D eigenvalue weighted by molar-refractivity contribution is -0.143. The molecule has 1 unspecified atom stereocenters. The molecule has 34 heavy (non-hydrogen) atoms. The highest BCUT2D eigenvalue weighted by molar-refractivity contribution is 5.81. The minimum Gasteiger partial charge on any atom is -0.480 e. The summed E-state index contributed by atoms with van der Waals surface area (Å²) < 4.78 is 43.6. The first-order chi connectivity index (χ1) is 16.2. The van der Waals surface area contributed by atoms with Gasteiger partial charge in [0.25, 0.3) is 0 Å². The highest BCUT2D eigenvalue weighted by atomic mass is 19.4. The number of carbonyl (C=O) groups excluding carboxylic acids is 1. The van der Waals surface area contributed by atoms with Gasteiger partial charge in [-0.15, -0.1) is 0 Å². The topological polar surface area (TPSA) is 79.7 Å². The molecule has 1 heterocycles. The van der Waals surface area contributed by atoms with Gasteiger partial charge in [0.15, 0.2) is 0 Å². The number of halogens is 3. The van der Waals surface area contributed by atoms with Crippen LogP contribution in [0.4, 0.5) is 18.0 Å². The van der Waals surface area contributed by atoms with Crippen molar-refractivity contribution >= 4 is 12.1 Å². The lowest BCUT2D eigenvalue weighted by Crippen LogP contribution is -2.44. The van der Waals surface area contributed by atoms with E-state index in [1.54, 1.807) is 0 Å². The van der Waals surface area contributed by atoms with Crippen LogP contribution in [0.3, 0.4) is 0 Å². The molecular weight excluding hydrogens is 449 g/mol. The third-order valence-corrected chi connectivity index (χ3v) is 5.92. The maximum absolute atomic E-state index is 12.7. The Morgan fingerprint density at radius 3 is 2.12 bits per heavy atom. The van der Waals surface area contributed by atoms with E-state index in [-0.39, 0.29) is 24.5 Å². The van der Waals surface area contributed by atoms with Gasteiger partial charge in [0.05, 0.1) is 0 Å². The zero-order chi connectivity index (χ0) is 24.5. The number of ether oxygens (including phenoxy) is 1. The number of alkyl halides is 3. The number of carbonyl (C=O) groups is 2. The minimum absolute atomic E-state index is 0.0192. The highest BCUT2D eigenvalue weighted by Gasteiger charge is 2.34. The predicted molar refractivity (Wildman–Crippen MR) is 117 cm³/mol.